The summed E-state index contributed by atoms with van der Waals surface area (Å²) < 4.78 is 18.8. The molecule has 2 nitrogen and oxygen atoms in total. The number of nitrogens with one attached hydrogen (secondary N) is 1. The van der Waals surface area contributed by atoms with Gasteiger partial charge in [-0.25, -0.2) is 4.39 Å². The predicted octanol–water partition coefficient (Wildman–Crippen LogP) is 2.91. The zero-order valence-electron chi connectivity index (χ0n) is 8.75. The molecular weight excluding hydrogens is 212 g/mol. The van der Waals surface area contributed by atoms with Crippen molar-refractivity contribution in [3.05, 3.63) is 24.0 Å². The van der Waals surface area contributed by atoms with Crippen LogP contribution in [0.15, 0.2) is 18.2 Å². The first-order valence-electron chi connectivity index (χ1n) is 4.45. The summed E-state index contributed by atoms with van der Waals surface area (Å²) in [4.78, 5) is 0. The minimum atomic E-state index is -0.529. The summed E-state index contributed by atoms with van der Waals surface area (Å²) >= 11 is 0. The minimum absolute atomic E-state index is 0.311. The van der Waals surface area contributed by atoms with Gasteiger partial charge < -0.3 is 9.84 Å². The molecule has 1 aromatic rings. The lowest BCUT2D eigenvalue weighted by molar-refractivity contribution is 0.592. The number of rotatable bonds is 4. The van der Waals surface area contributed by atoms with Gasteiger partial charge in [0.25, 0.3) is 0 Å². The van der Waals surface area contributed by atoms with E-state index in [1.807, 2.05) is 13.3 Å². The molecule has 80 valence electrons. The molecule has 1 rings (SSSR count). The van der Waals surface area contributed by atoms with Crippen molar-refractivity contribution in [2.45, 2.75) is 0 Å². The Labute approximate surface area is 90.7 Å². The van der Waals surface area contributed by atoms with Crippen molar-refractivity contribution in [3.8, 4) is 18.1 Å². The Hall–Kier alpha value is -1.26. The van der Waals surface area contributed by atoms with Gasteiger partial charge in [0.15, 0.2) is 0 Å². The summed E-state index contributed by atoms with van der Waals surface area (Å²) in [6.45, 7) is 4.22. The average Bonchev–Trinajstić information content (AvgIpc) is 2.15. The van der Waals surface area contributed by atoms with Gasteiger partial charge in [0.1, 0.15) is 11.6 Å². The summed E-state index contributed by atoms with van der Waals surface area (Å²) in [7, 11) is -0.529. The Bertz CT molecular complexity index is 373. The first-order valence-corrected chi connectivity index (χ1v) is 6.61. The van der Waals surface area contributed by atoms with Gasteiger partial charge in [-0.2, -0.15) is 0 Å². The topological polar surface area (TPSA) is 21.3 Å². The Morgan fingerprint density at radius 3 is 2.80 bits per heavy atom. The van der Waals surface area contributed by atoms with Crippen molar-refractivity contribution in [1.29, 1.82) is 0 Å². The van der Waals surface area contributed by atoms with Gasteiger partial charge in [-0.05, 0) is 25.5 Å². The molecule has 0 saturated carbocycles. The van der Waals surface area contributed by atoms with E-state index in [9.17, 15) is 4.39 Å². The van der Waals surface area contributed by atoms with E-state index in [0.29, 0.717) is 18.0 Å². The molecular formula is C11H13FNOP. The summed E-state index contributed by atoms with van der Waals surface area (Å²) in [5, 5.41) is 2.78. The van der Waals surface area contributed by atoms with Crippen LogP contribution in [0.2, 0.25) is 0 Å². The molecule has 0 spiro atoms. The molecule has 0 radical (unpaired) electrons. The van der Waals surface area contributed by atoms with Crippen LogP contribution in [0.5, 0.6) is 5.75 Å². The molecule has 0 unspecified atom stereocenters. The lowest BCUT2D eigenvalue weighted by Crippen LogP contribution is -2.00. The van der Waals surface area contributed by atoms with Crippen LogP contribution in [0.4, 0.5) is 10.1 Å². The van der Waals surface area contributed by atoms with E-state index in [1.165, 1.54) is 6.07 Å². The number of benzene rings is 1. The normalized spacial score (nSPS) is 9.80. The zero-order chi connectivity index (χ0) is 11.3. The monoisotopic (exact) mass is 225 g/mol. The molecule has 0 aliphatic rings. The smallest absolute Gasteiger partial charge is 0.150 e. The van der Waals surface area contributed by atoms with E-state index in [-0.39, 0.29) is 5.82 Å². The molecule has 0 aliphatic carbocycles. The van der Waals surface area contributed by atoms with Crippen molar-refractivity contribution in [1.82, 2.24) is 0 Å². The lowest BCUT2D eigenvalue weighted by Gasteiger charge is -2.10. The maximum absolute atomic E-state index is 13.4. The first kappa shape index (κ1) is 11.8. The number of hydrogen-bond donors (Lipinski definition) is 1. The van der Waals surface area contributed by atoms with E-state index in [1.54, 1.807) is 12.1 Å². The quantitative estimate of drug-likeness (QED) is 0.628. The molecule has 0 saturated heterocycles. The largest absolute Gasteiger partial charge is 0.475 e. The highest BCUT2D eigenvalue weighted by atomic mass is 31.1. The van der Waals surface area contributed by atoms with Crippen molar-refractivity contribution in [2.24, 2.45) is 0 Å². The summed E-state index contributed by atoms with van der Waals surface area (Å²) in [5.41, 5.74) is 0.400. The standard InChI is InChI=1S/C11H13FNOP/c1-4-7-13-11-6-5-9(8-10(11)12)14-15(2)3/h1,5-6,8,13H,7H2,2-3H3. The molecule has 0 heterocycles. The van der Waals surface area contributed by atoms with Crippen molar-refractivity contribution < 1.29 is 8.91 Å². The molecule has 1 N–H and O–H groups in total. The van der Waals surface area contributed by atoms with Crippen molar-refractivity contribution in [2.75, 3.05) is 25.2 Å². The second-order valence-electron chi connectivity index (χ2n) is 3.10. The van der Waals surface area contributed by atoms with Gasteiger partial charge in [0, 0.05) is 6.07 Å². The first-order chi connectivity index (χ1) is 7.13. The molecule has 0 amide bonds. The lowest BCUT2D eigenvalue weighted by atomic mass is 10.3. The highest BCUT2D eigenvalue weighted by Gasteiger charge is 2.04. The van der Waals surface area contributed by atoms with Crippen LogP contribution in [-0.2, 0) is 0 Å². The van der Waals surface area contributed by atoms with Gasteiger partial charge >= 0.3 is 0 Å². The highest BCUT2D eigenvalue weighted by Crippen LogP contribution is 2.31. The van der Waals surface area contributed by atoms with E-state index in [0.717, 1.165) is 0 Å². The average molecular weight is 225 g/mol. The number of terminal acetylenes is 1. The summed E-state index contributed by atoms with van der Waals surface area (Å²) in [6, 6.07) is 4.71. The SMILES string of the molecule is C#CCNc1ccc(OP(C)C)cc1F. The van der Waals surface area contributed by atoms with E-state index >= 15 is 0 Å². The van der Waals surface area contributed by atoms with Crippen LogP contribution >= 0.6 is 8.15 Å². The second kappa shape index (κ2) is 5.58. The fraction of sp³-hybridized carbons (Fsp3) is 0.273. The minimum Gasteiger partial charge on any atom is -0.475 e. The third-order valence-electron chi connectivity index (χ3n) is 1.61. The van der Waals surface area contributed by atoms with Crippen LogP contribution in [-0.4, -0.2) is 19.9 Å². The fourth-order valence-corrected chi connectivity index (χ4v) is 1.59. The van der Waals surface area contributed by atoms with E-state index in [2.05, 4.69) is 11.2 Å². The highest BCUT2D eigenvalue weighted by molar-refractivity contribution is 7.51. The fourth-order valence-electron chi connectivity index (χ4n) is 1.05. The zero-order valence-corrected chi connectivity index (χ0v) is 9.64. The third-order valence-corrected chi connectivity index (χ3v) is 2.19. The Kier molecular flexibility index (Phi) is 4.39. The molecule has 0 fully saturated rings. The third kappa shape index (κ3) is 3.77. The maximum Gasteiger partial charge on any atom is 0.150 e. The molecule has 0 aliphatic heterocycles. The Balaban J connectivity index is 2.75. The Morgan fingerprint density at radius 1 is 1.53 bits per heavy atom. The van der Waals surface area contributed by atoms with Crippen LogP contribution in [0.3, 0.4) is 0 Å². The summed E-state index contributed by atoms with van der Waals surface area (Å²) in [6.07, 6.45) is 5.07. The Morgan fingerprint density at radius 2 is 2.27 bits per heavy atom. The van der Waals surface area contributed by atoms with Gasteiger partial charge in [-0.15, -0.1) is 6.42 Å². The molecule has 1 aromatic carbocycles. The van der Waals surface area contributed by atoms with E-state index in [4.69, 9.17) is 10.9 Å². The maximum atomic E-state index is 13.4. The molecule has 15 heavy (non-hydrogen) atoms. The van der Waals surface area contributed by atoms with Crippen LogP contribution in [0.25, 0.3) is 0 Å². The number of hydrogen-bond acceptors (Lipinski definition) is 2. The van der Waals surface area contributed by atoms with Crippen molar-refractivity contribution in [3.63, 3.8) is 0 Å². The summed E-state index contributed by atoms with van der Waals surface area (Å²) in [5.74, 6) is 2.59. The van der Waals surface area contributed by atoms with Gasteiger partial charge in [-0.3, -0.25) is 0 Å². The number of halogens is 1. The van der Waals surface area contributed by atoms with Crippen LogP contribution < -0.4 is 9.84 Å². The van der Waals surface area contributed by atoms with Gasteiger partial charge in [0.2, 0.25) is 0 Å². The van der Waals surface area contributed by atoms with Gasteiger partial charge in [-0.1, -0.05) is 5.92 Å². The van der Waals surface area contributed by atoms with Crippen molar-refractivity contribution >= 4 is 13.8 Å². The number of anilines is 1. The molecule has 0 atom stereocenters. The van der Waals surface area contributed by atoms with Gasteiger partial charge in [0.05, 0.1) is 20.4 Å². The van der Waals surface area contributed by atoms with E-state index < -0.39 is 8.15 Å². The van der Waals surface area contributed by atoms with Crippen LogP contribution in [0.1, 0.15) is 0 Å². The molecule has 4 heteroatoms. The predicted molar refractivity (Wildman–Crippen MR) is 63.1 cm³/mol. The second-order valence-corrected chi connectivity index (χ2v) is 4.91. The van der Waals surface area contributed by atoms with Crippen LogP contribution in [0, 0.1) is 18.2 Å². The molecule has 0 bridgehead atoms. The molecule has 0 aromatic heterocycles.